The number of anilines is 1. The number of carbonyl (C=O) groups excluding carboxylic acids is 1. The van der Waals surface area contributed by atoms with Gasteiger partial charge in [-0.1, -0.05) is 18.2 Å². The highest BCUT2D eigenvalue weighted by Gasteiger charge is 2.14. The van der Waals surface area contributed by atoms with E-state index >= 15 is 0 Å². The quantitative estimate of drug-likeness (QED) is 0.713. The first kappa shape index (κ1) is 16.4. The number of nitrogens with zero attached hydrogens (tertiary/aromatic N) is 1. The molecule has 0 saturated carbocycles. The topological polar surface area (TPSA) is 125 Å². The summed E-state index contributed by atoms with van der Waals surface area (Å²) in [6, 6.07) is 10.4. The maximum atomic E-state index is 12.1. The van der Waals surface area contributed by atoms with Gasteiger partial charge in [0.1, 0.15) is 12.4 Å². The van der Waals surface area contributed by atoms with Crippen LogP contribution in [0.3, 0.4) is 0 Å². The second kappa shape index (κ2) is 6.88. The fourth-order valence-electron chi connectivity index (χ4n) is 1.64. The number of sulfonamides is 1. The van der Waals surface area contributed by atoms with E-state index in [0.29, 0.717) is 0 Å². The molecule has 0 aliphatic rings. The first-order chi connectivity index (χ1) is 10.9. The van der Waals surface area contributed by atoms with Crippen LogP contribution < -0.4 is 10.0 Å². The van der Waals surface area contributed by atoms with Crippen molar-refractivity contribution < 1.29 is 23.1 Å². The van der Waals surface area contributed by atoms with E-state index in [1.165, 1.54) is 24.3 Å². The van der Waals surface area contributed by atoms with Crippen LogP contribution in [0.15, 0.2) is 53.6 Å². The number of nitrogens with one attached hydrogen (secondary N) is 2. The summed E-state index contributed by atoms with van der Waals surface area (Å²) in [7, 11) is -3.76. The number of rotatable bonds is 6. The number of aliphatic carboxylic acids is 1. The van der Waals surface area contributed by atoms with Crippen LogP contribution in [0, 0.1) is 0 Å². The van der Waals surface area contributed by atoms with E-state index in [4.69, 9.17) is 5.11 Å². The van der Waals surface area contributed by atoms with Crippen molar-refractivity contribution >= 4 is 27.7 Å². The molecule has 3 N–H and O–H groups in total. The molecule has 23 heavy (non-hydrogen) atoms. The Balaban J connectivity index is 2.08. The van der Waals surface area contributed by atoms with E-state index in [-0.39, 0.29) is 16.3 Å². The lowest BCUT2D eigenvalue weighted by molar-refractivity contribution is -0.135. The van der Waals surface area contributed by atoms with Gasteiger partial charge >= 0.3 is 5.97 Å². The molecule has 0 fully saturated rings. The lowest BCUT2D eigenvalue weighted by Crippen LogP contribution is -2.29. The van der Waals surface area contributed by atoms with Gasteiger partial charge in [-0.25, -0.2) is 13.4 Å². The molecule has 0 atom stereocenters. The van der Waals surface area contributed by atoms with Crippen LogP contribution in [0.4, 0.5) is 5.82 Å². The predicted octanol–water partition coefficient (Wildman–Crippen LogP) is 0.697. The van der Waals surface area contributed by atoms with E-state index < -0.39 is 28.4 Å². The summed E-state index contributed by atoms with van der Waals surface area (Å²) in [4.78, 5) is 25.9. The number of aromatic nitrogens is 1. The summed E-state index contributed by atoms with van der Waals surface area (Å²) in [5.41, 5.74) is 0.119. The molecule has 1 aromatic carbocycles. The highest BCUT2D eigenvalue weighted by Crippen LogP contribution is 2.14. The Bertz CT molecular complexity index is 804. The van der Waals surface area contributed by atoms with Gasteiger partial charge in [-0.05, 0) is 24.3 Å². The van der Waals surface area contributed by atoms with E-state index in [0.717, 1.165) is 6.20 Å². The highest BCUT2D eigenvalue weighted by atomic mass is 32.2. The normalized spacial score (nSPS) is 10.8. The molecule has 2 rings (SSSR count). The molecule has 1 heterocycles. The molecule has 0 aliphatic heterocycles. The standard InChI is InChI=1S/C14H13N3O5S/c18-13(19)9-16-14(20)10-6-7-12(15-8-10)17-23(21,22)11-4-2-1-3-5-11/h1-8H,9H2,(H,15,17)(H,16,20)(H,18,19). The Kier molecular flexibility index (Phi) is 4.91. The molecular weight excluding hydrogens is 322 g/mol. The fourth-order valence-corrected chi connectivity index (χ4v) is 2.67. The van der Waals surface area contributed by atoms with Gasteiger partial charge in [0.25, 0.3) is 15.9 Å². The van der Waals surface area contributed by atoms with Gasteiger partial charge in [-0.15, -0.1) is 0 Å². The molecule has 0 spiro atoms. The molecule has 0 bridgehead atoms. The zero-order valence-corrected chi connectivity index (χ0v) is 12.6. The third-order valence-electron chi connectivity index (χ3n) is 2.72. The molecule has 8 nitrogen and oxygen atoms in total. The minimum Gasteiger partial charge on any atom is -0.480 e. The van der Waals surface area contributed by atoms with Gasteiger partial charge < -0.3 is 10.4 Å². The largest absolute Gasteiger partial charge is 0.480 e. The summed E-state index contributed by atoms with van der Waals surface area (Å²) in [6.07, 6.45) is 1.15. The summed E-state index contributed by atoms with van der Waals surface area (Å²) in [6.45, 7) is -0.513. The van der Waals surface area contributed by atoms with E-state index in [9.17, 15) is 18.0 Å². The third-order valence-corrected chi connectivity index (χ3v) is 4.09. The Morgan fingerprint density at radius 2 is 1.78 bits per heavy atom. The molecule has 0 saturated heterocycles. The molecular formula is C14H13N3O5S. The lowest BCUT2D eigenvalue weighted by atomic mass is 10.2. The second-order valence-corrected chi connectivity index (χ2v) is 6.11. The van der Waals surface area contributed by atoms with Crippen LogP contribution in [0.2, 0.25) is 0 Å². The lowest BCUT2D eigenvalue weighted by Gasteiger charge is -2.08. The highest BCUT2D eigenvalue weighted by molar-refractivity contribution is 7.92. The first-order valence-corrected chi connectivity index (χ1v) is 7.91. The van der Waals surface area contributed by atoms with Crippen LogP contribution in [0.25, 0.3) is 0 Å². The Labute approximate surface area is 132 Å². The minimum absolute atomic E-state index is 0.0450. The Morgan fingerprint density at radius 3 is 2.35 bits per heavy atom. The van der Waals surface area contributed by atoms with Crippen molar-refractivity contribution in [2.75, 3.05) is 11.3 Å². The number of pyridine rings is 1. The zero-order valence-electron chi connectivity index (χ0n) is 11.8. The molecule has 1 amide bonds. The van der Waals surface area contributed by atoms with E-state index in [1.54, 1.807) is 18.2 Å². The van der Waals surface area contributed by atoms with Gasteiger partial charge in [0.15, 0.2) is 0 Å². The molecule has 9 heteroatoms. The van der Waals surface area contributed by atoms with Gasteiger partial charge in [0.05, 0.1) is 10.5 Å². The summed E-state index contributed by atoms with van der Waals surface area (Å²) >= 11 is 0. The van der Waals surface area contributed by atoms with Crippen LogP contribution in [-0.2, 0) is 14.8 Å². The Morgan fingerprint density at radius 1 is 1.09 bits per heavy atom. The van der Waals surface area contributed by atoms with Crippen LogP contribution >= 0.6 is 0 Å². The van der Waals surface area contributed by atoms with Gasteiger partial charge in [0.2, 0.25) is 0 Å². The minimum atomic E-state index is -3.76. The van der Waals surface area contributed by atoms with E-state index in [1.807, 2.05) is 0 Å². The van der Waals surface area contributed by atoms with Crippen molar-refractivity contribution in [2.24, 2.45) is 0 Å². The number of hydrogen-bond acceptors (Lipinski definition) is 5. The molecule has 2 aromatic rings. The van der Waals surface area contributed by atoms with Crippen LogP contribution in [-0.4, -0.2) is 36.9 Å². The van der Waals surface area contributed by atoms with Crippen LogP contribution in [0.1, 0.15) is 10.4 Å². The third kappa shape index (κ3) is 4.51. The SMILES string of the molecule is O=C(O)CNC(=O)c1ccc(NS(=O)(=O)c2ccccc2)nc1. The fraction of sp³-hybridized carbons (Fsp3) is 0.0714. The van der Waals surface area contributed by atoms with Crippen molar-refractivity contribution in [1.82, 2.24) is 10.3 Å². The number of hydrogen-bond donors (Lipinski definition) is 3. The van der Waals surface area contributed by atoms with E-state index in [2.05, 4.69) is 15.0 Å². The molecule has 0 unspecified atom stereocenters. The molecule has 0 radical (unpaired) electrons. The number of carboxylic acid groups (broad SMARTS) is 1. The number of amides is 1. The maximum Gasteiger partial charge on any atom is 0.322 e. The van der Waals surface area contributed by atoms with Crippen molar-refractivity contribution in [2.45, 2.75) is 4.90 Å². The van der Waals surface area contributed by atoms with Crippen molar-refractivity contribution in [3.8, 4) is 0 Å². The molecule has 0 aliphatic carbocycles. The second-order valence-electron chi connectivity index (χ2n) is 4.43. The van der Waals surface area contributed by atoms with Gasteiger partial charge in [-0.3, -0.25) is 14.3 Å². The van der Waals surface area contributed by atoms with Crippen molar-refractivity contribution in [3.05, 3.63) is 54.2 Å². The summed E-state index contributed by atoms with van der Waals surface area (Å²) < 4.78 is 26.5. The average molecular weight is 335 g/mol. The number of benzene rings is 1. The maximum absolute atomic E-state index is 12.1. The zero-order chi connectivity index (χ0) is 16.9. The predicted molar refractivity (Wildman–Crippen MR) is 81.5 cm³/mol. The first-order valence-electron chi connectivity index (χ1n) is 6.42. The van der Waals surface area contributed by atoms with Gasteiger partial charge in [-0.2, -0.15) is 0 Å². The summed E-state index contributed by atoms with van der Waals surface area (Å²) in [5.74, 6) is -1.74. The smallest absolute Gasteiger partial charge is 0.322 e. The summed E-state index contributed by atoms with van der Waals surface area (Å²) in [5, 5.41) is 10.7. The van der Waals surface area contributed by atoms with Crippen LogP contribution in [0.5, 0.6) is 0 Å². The number of carboxylic acids is 1. The molecule has 120 valence electrons. The average Bonchev–Trinajstić information content (AvgIpc) is 2.54. The van der Waals surface area contributed by atoms with Crippen molar-refractivity contribution in [1.29, 1.82) is 0 Å². The molecule has 1 aromatic heterocycles. The van der Waals surface area contributed by atoms with Crippen molar-refractivity contribution in [3.63, 3.8) is 0 Å². The Hall–Kier alpha value is -2.94. The van der Waals surface area contributed by atoms with Gasteiger partial charge in [0, 0.05) is 6.20 Å². The monoisotopic (exact) mass is 335 g/mol. The number of carbonyl (C=O) groups is 2.